The van der Waals surface area contributed by atoms with E-state index in [1.54, 1.807) is 12.1 Å². The lowest BCUT2D eigenvalue weighted by Gasteiger charge is -2.34. The Labute approximate surface area is 119 Å². The SMILES string of the molecule is C[C@H]1C/C(=N/Nc2cccc([N+](=O)[O-])c2)CC(C)(C)C1. The van der Waals surface area contributed by atoms with E-state index >= 15 is 0 Å². The molecule has 0 radical (unpaired) electrons. The number of nitrogens with one attached hydrogen (secondary N) is 1. The first-order valence-electron chi connectivity index (χ1n) is 6.92. The number of nitro groups is 1. The van der Waals surface area contributed by atoms with Gasteiger partial charge >= 0.3 is 0 Å². The van der Waals surface area contributed by atoms with Gasteiger partial charge < -0.3 is 0 Å². The average Bonchev–Trinajstić information content (AvgIpc) is 2.34. The summed E-state index contributed by atoms with van der Waals surface area (Å²) in [6.07, 6.45) is 3.17. The topological polar surface area (TPSA) is 67.5 Å². The van der Waals surface area contributed by atoms with Crippen molar-refractivity contribution in [1.29, 1.82) is 0 Å². The minimum atomic E-state index is -0.399. The van der Waals surface area contributed by atoms with Gasteiger partial charge in [-0.25, -0.2) is 0 Å². The van der Waals surface area contributed by atoms with E-state index in [0.717, 1.165) is 18.6 Å². The van der Waals surface area contributed by atoms with Crippen molar-refractivity contribution in [3.05, 3.63) is 34.4 Å². The van der Waals surface area contributed by atoms with Crippen molar-refractivity contribution in [3.8, 4) is 0 Å². The first kappa shape index (κ1) is 14.5. The minimum absolute atomic E-state index is 0.0764. The maximum absolute atomic E-state index is 10.7. The van der Waals surface area contributed by atoms with Crippen LogP contribution in [-0.4, -0.2) is 10.6 Å². The fraction of sp³-hybridized carbons (Fsp3) is 0.533. The molecule has 0 bridgehead atoms. The Bertz CT molecular complexity index is 538. The van der Waals surface area contributed by atoms with Crippen LogP contribution in [-0.2, 0) is 0 Å². The van der Waals surface area contributed by atoms with Gasteiger partial charge in [0.15, 0.2) is 0 Å². The number of non-ortho nitro benzene ring substituents is 1. The number of hydrogen-bond donors (Lipinski definition) is 1. The molecule has 0 amide bonds. The Morgan fingerprint density at radius 3 is 2.85 bits per heavy atom. The van der Waals surface area contributed by atoms with E-state index in [2.05, 4.69) is 31.3 Å². The number of nitrogens with zero attached hydrogens (tertiary/aromatic N) is 2. The van der Waals surface area contributed by atoms with Crippen molar-refractivity contribution in [2.75, 3.05) is 5.43 Å². The summed E-state index contributed by atoms with van der Waals surface area (Å²) >= 11 is 0. The summed E-state index contributed by atoms with van der Waals surface area (Å²) in [4.78, 5) is 10.3. The maximum Gasteiger partial charge on any atom is 0.271 e. The van der Waals surface area contributed by atoms with Crippen molar-refractivity contribution < 1.29 is 4.92 Å². The zero-order valence-electron chi connectivity index (χ0n) is 12.2. The fourth-order valence-corrected chi connectivity index (χ4v) is 3.03. The van der Waals surface area contributed by atoms with E-state index in [1.165, 1.54) is 18.6 Å². The summed E-state index contributed by atoms with van der Waals surface area (Å²) in [5.41, 5.74) is 5.10. The van der Waals surface area contributed by atoms with E-state index < -0.39 is 4.92 Å². The Hall–Kier alpha value is -1.91. The van der Waals surface area contributed by atoms with Gasteiger partial charge in [-0.3, -0.25) is 15.5 Å². The Kier molecular flexibility index (Phi) is 4.06. The molecule has 0 saturated heterocycles. The van der Waals surface area contributed by atoms with Crippen molar-refractivity contribution in [2.45, 2.75) is 40.0 Å². The van der Waals surface area contributed by atoms with Crippen LogP contribution in [0.5, 0.6) is 0 Å². The van der Waals surface area contributed by atoms with E-state index in [1.807, 2.05) is 0 Å². The van der Waals surface area contributed by atoms with Crippen molar-refractivity contribution in [2.24, 2.45) is 16.4 Å². The summed E-state index contributed by atoms with van der Waals surface area (Å²) in [5.74, 6) is 0.629. The van der Waals surface area contributed by atoms with Crippen LogP contribution in [0.1, 0.15) is 40.0 Å². The van der Waals surface area contributed by atoms with Gasteiger partial charge in [0.05, 0.1) is 10.6 Å². The predicted molar refractivity (Wildman–Crippen MR) is 81.0 cm³/mol. The van der Waals surface area contributed by atoms with Crippen LogP contribution in [0.3, 0.4) is 0 Å². The van der Waals surface area contributed by atoms with Gasteiger partial charge in [-0.1, -0.05) is 26.8 Å². The number of hydrogen-bond acceptors (Lipinski definition) is 4. The molecule has 0 aromatic heterocycles. The lowest BCUT2D eigenvalue weighted by Crippen LogP contribution is -2.28. The molecule has 0 heterocycles. The first-order valence-corrected chi connectivity index (χ1v) is 6.92. The second-order valence-corrected chi connectivity index (χ2v) is 6.45. The van der Waals surface area contributed by atoms with Crippen LogP contribution in [0.15, 0.2) is 29.4 Å². The van der Waals surface area contributed by atoms with Crippen LogP contribution in [0.25, 0.3) is 0 Å². The molecule has 0 aliphatic heterocycles. The molecule has 1 atom stereocenters. The van der Waals surface area contributed by atoms with Gasteiger partial charge in [-0.05, 0) is 36.7 Å². The molecule has 1 aliphatic carbocycles. The lowest BCUT2D eigenvalue weighted by molar-refractivity contribution is -0.384. The molecule has 108 valence electrons. The molecule has 1 aromatic rings. The second kappa shape index (κ2) is 5.61. The highest BCUT2D eigenvalue weighted by Crippen LogP contribution is 2.37. The van der Waals surface area contributed by atoms with Gasteiger partial charge in [0.1, 0.15) is 0 Å². The van der Waals surface area contributed by atoms with Gasteiger partial charge in [-0.2, -0.15) is 5.10 Å². The molecule has 0 unspecified atom stereocenters. The number of nitro benzene ring substituents is 1. The summed E-state index contributed by atoms with van der Waals surface area (Å²) < 4.78 is 0. The summed E-state index contributed by atoms with van der Waals surface area (Å²) in [7, 11) is 0. The molecule has 1 saturated carbocycles. The van der Waals surface area contributed by atoms with Crippen molar-refractivity contribution in [3.63, 3.8) is 0 Å². The minimum Gasteiger partial charge on any atom is -0.278 e. The quantitative estimate of drug-likeness (QED) is 0.663. The monoisotopic (exact) mass is 275 g/mol. The third-order valence-corrected chi connectivity index (χ3v) is 3.57. The lowest BCUT2D eigenvalue weighted by atomic mass is 9.72. The smallest absolute Gasteiger partial charge is 0.271 e. The molecule has 0 spiro atoms. The van der Waals surface area contributed by atoms with E-state index in [9.17, 15) is 10.1 Å². The highest BCUT2D eigenvalue weighted by atomic mass is 16.6. The Balaban J connectivity index is 2.09. The van der Waals surface area contributed by atoms with Crippen LogP contribution in [0, 0.1) is 21.4 Å². The zero-order valence-corrected chi connectivity index (χ0v) is 12.2. The molecular formula is C15H21N3O2. The first-order chi connectivity index (χ1) is 9.35. The summed E-state index contributed by atoms with van der Waals surface area (Å²) in [5, 5.41) is 15.2. The molecule has 5 nitrogen and oxygen atoms in total. The largest absolute Gasteiger partial charge is 0.278 e. The molecule has 1 aromatic carbocycles. The Morgan fingerprint density at radius 1 is 1.45 bits per heavy atom. The normalized spacial score (nSPS) is 23.6. The maximum atomic E-state index is 10.7. The number of rotatable bonds is 3. The fourth-order valence-electron chi connectivity index (χ4n) is 3.03. The third kappa shape index (κ3) is 3.79. The summed E-state index contributed by atoms with van der Waals surface area (Å²) in [6.45, 7) is 6.75. The molecule has 2 rings (SSSR count). The van der Waals surface area contributed by atoms with Crippen molar-refractivity contribution >= 4 is 17.1 Å². The van der Waals surface area contributed by atoms with Gasteiger partial charge in [0, 0.05) is 17.8 Å². The third-order valence-electron chi connectivity index (χ3n) is 3.57. The van der Waals surface area contributed by atoms with Crippen LogP contribution >= 0.6 is 0 Å². The molecule has 20 heavy (non-hydrogen) atoms. The van der Waals surface area contributed by atoms with Gasteiger partial charge in [0.2, 0.25) is 0 Å². The van der Waals surface area contributed by atoms with E-state index in [4.69, 9.17) is 0 Å². The van der Waals surface area contributed by atoms with Gasteiger partial charge in [0.25, 0.3) is 5.69 Å². The predicted octanol–water partition coefficient (Wildman–Crippen LogP) is 4.21. The zero-order chi connectivity index (χ0) is 14.8. The highest BCUT2D eigenvalue weighted by molar-refractivity contribution is 5.86. The molecule has 1 fully saturated rings. The van der Waals surface area contributed by atoms with Crippen LogP contribution in [0.4, 0.5) is 11.4 Å². The standard InChI is InChI=1S/C15H21N3O2/c1-11-7-13(10-15(2,3)9-11)17-16-12-5-4-6-14(8-12)18(19)20/h4-6,8,11,16H,7,9-10H2,1-3H3/b17-13-/t11-/m0/s1. The molecular weight excluding hydrogens is 254 g/mol. The number of anilines is 1. The number of hydrazone groups is 1. The number of benzene rings is 1. The van der Waals surface area contributed by atoms with Crippen LogP contribution < -0.4 is 5.43 Å². The molecule has 1 N–H and O–H groups in total. The second-order valence-electron chi connectivity index (χ2n) is 6.45. The molecule has 5 heteroatoms. The highest BCUT2D eigenvalue weighted by Gasteiger charge is 2.29. The van der Waals surface area contributed by atoms with Crippen molar-refractivity contribution in [1.82, 2.24) is 0 Å². The van der Waals surface area contributed by atoms with Gasteiger partial charge in [-0.15, -0.1) is 0 Å². The van der Waals surface area contributed by atoms with E-state index in [0.29, 0.717) is 11.6 Å². The Morgan fingerprint density at radius 2 is 2.20 bits per heavy atom. The summed E-state index contributed by atoms with van der Waals surface area (Å²) in [6, 6.07) is 6.42. The average molecular weight is 275 g/mol. The molecule has 1 aliphatic rings. The van der Waals surface area contributed by atoms with Crippen LogP contribution in [0.2, 0.25) is 0 Å². The van der Waals surface area contributed by atoms with E-state index in [-0.39, 0.29) is 11.1 Å².